The van der Waals surface area contributed by atoms with Crippen LogP contribution in [0, 0.1) is 18.3 Å². The molecule has 0 aliphatic carbocycles. The molecule has 1 aromatic carbocycles. The molecule has 0 aromatic heterocycles. The van der Waals surface area contributed by atoms with Crippen LogP contribution in [0.3, 0.4) is 0 Å². The van der Waals surface area contributed by atoms with Gasteiger partial charge in [0.15, 0.2) is 0 Å². The SMILES string of the molecule is Cc1ccc(N2CC(O)CC2=O)cc1C#N. The summed E-state index contributed by atoms with van der Waals surface area (Å²) in [6.07, 6.45) is -0.435. The molecule has 2 rings (SSSR count). The third kappa shape index (κ3) is 1.77. The lowest BCUT2D eigenvalue weighted by molar-refractivity contribution is -0.117. The van der Waals surface area contributed by atoms with Crippen LogP contribution in [-0.2, 0) is 4.79 Å². The van der Waals surface area contributed by atoms with Gasteiger partial charge >= 0.3 is 0 Å². The fourth-order valence-corrected chi connectivity index (χ4v) is 1.84. The lowest BCUT2D eigenvalue weighted by Gasteiger charge is -2.16. The van der Waals surface area contributed by atoms with Gasteiger partial charge in [0.2, 0.25) is 5.91 Å². The highest BCUT2D eigenvalue weighted by Gasteiger charge is 2.29. The molecule has 1 N–H and O–H groups in total. The summed E-state index contributed by atoms with van der Waals surface area (Å²) in [7, 11) is 0. The molecule has 4 nitrogen and oxygen atoms in total. The van der Waals surface area contributed by atoms with Crippen LogP contribution < -0.4 is 4.90 Å². The van der Waals surface area contributed by atoms with Crippen molar-refractivity contribution in [3.8, 4) is 6.07 Å². The van der Waals surface area contributed by atoms with Crippen LogP contribution in [-0.4, -0.2) is 23.7 Å². The summed E-state index contributed by atoms with van der Waals surface area (Å²) in [6.45, 7) is 2.16. The minimum Gasteiger partial charge on any atom is -0.391 e. The zero-order valence-electron chi connectivity index (χ0n) is 8.97. The molecule has 0 spiro atoms. The Morgan fingerprint density at radius 2 is 2.31 bits per heavy atom. The van der Waals surface area contributed by atoms with Crippen LogP contribution in [0.4, 0.5) is 5.69 Å². The summed E-state index contributed by atoms with van der Waals surface area (Å²) in [4.78, 5) is 13.1. The lowest BCUT2D eigenvalue weighted by Crippen LogP contribution is -2.25. The third-order valence-corrected chi connectivity index (χ3v) is 2.76. The van der Waals surface area contributed by atoms with Gasteiger partial charge in [-0.15, -0.1) is 0 Å². The number of benzene rings is 1. The number of carbonyl (C=O) groups is 1. The molecule has 0 bridgehead atoms. The number of aliphatic hydroxyl groups excluding tert-OH is 1. The molecule has 16 heavy (non-hydrogen) atoms. The molecule has 1 atom stereocenters. The van der Waals surface area contributed by atoms with Crippen LogP contribution in [0.2, 0.25) is 0 Å². The number of hydrogen-bond acceptors (Lipinski definition) is 3. The maximum atomic E-state index is 11.6. The summed E-state index contributed by atoms with van der Waals surface area (Å²) >= 11 is 0. The van der Waals surface area contributed by atoms with Gasteiger partial charge in [-0.2, -0.15) is 5.26 Å². The monoisotopic (exact) mass is 216 g/mol. The van der Waals surface area contributed by atoms with Crippen molar-refractivity contribution in [2.45, 2.75) is 19.4 Å². The van der Waals surface area contributed by atoms with Gasteiger partial charge in [0.25, 0.3) is 0 Å². The van der Waals surface area contributed by atoms with Gasteiger partial charge in [0.05, 0.1) is 30.7 Å². The van der Waals surface area contributed by atoms with E-state index in [1.807, 2.05) is 13.0 Å². The van der Waals surface area contributed by atoms with Crippen molar-refractivity contribution in [2.75, 3.05) is 11.4 Å². The molecule has 1 amide bonds. The standard InChI is InChI=1S/C12H12N2O2/c1-8-2-3-10(4-9(8)6-13)14-7-11(15)5-12(14)16/h2-4,11,15H,5,7H2,1H3. The molecular weight excluding hydrogens is 204 g/mol. The first-order valence-electron chi connectivity index (χ1n) is 5.11. The molecule has 1 aromatic rings. The maximum Gasteiger partial charge on any atom is 0.229 e. The quantitative estimate of drug-likeness (QED) is 0.760. The third-order valence-electron chi connectivity index (χ3n) is 2.76. The van der Waals surface area contributed by atoms with Gasteiger partial charge in [0.1, 0.15) is 0 Å². The Morgan fingerprint density at radius 3 is 2.88 bits per heavy atom. The number of amides is 1. The number of nitriles is 1. The molecule has 0 saturated carbocycles. The minimum atomic E-state index is -0.598. The molecule has 82 valence electrons. The van der Waals surface area contributed by atoms with Crippen LogP contribution in [0.25, 0.3) is 0 Å². The summed E-state index contributed by atoms with van der Waals surface area (Å²) in [5.74, 6) is -0.0970. The van der Waals surface area contributed by atoms with E-state index in [9.17, 15) is 9.90 Å². The Morgan fingerprint density at radius 1 is 1.56 bits per heavy atom. The van der Waals surface area contributed by atoms with Gasteiger partial charge in [-0.25, -0.2) is 0 Å². The molecule has 1 saturated heterocycles. The van der Waals surface area contributed by atoms with E-state index in [0.29, 0.717) is 17.8 Å². The van der Waals surface area contributed by atoms with Crippen molar-refractivity contribution in [1.82, 2.24) is 0 Å². The molecule has 1 fully saturated rings. The van der Waals surface area contributed by atoms with Gasteiger partial charge in [-0.05, 0) is 24.6 Å². The fourth-order valence-electron chi connectivity index (χ4n) is 1.84. The zero-order chi connectivity index (χ0) is 11.7. The molecule has 1 unspecified atom stereocenters. The zero-order valence-corrected chi connectivity index (χ0v) is 8.97. The van der Waals surface area contributed by atoms with Crippen molar-refractivity contribution in [3.05, 3.63) is 29.3 Å². The first-order chi connectivity index (χ1) is 7.61. The van der Waals surface area contributed by atoms with Crippen LogP contribution in [0.1, 0.15) is 17.5 Å². The predicted molar refractivity (Wildman–Crippen MR) is 58.9 cm³/mol. The maximum absolute atomic E-state index is 11.6. The first kappa shape index (κ1) is 10.7. The Hall–Kier alpha value is -1.86. The second kappa shape index (κ2) is 3.95. The van der Waals surface area contributed by atoms with Gasteiger partial charge < -0.3 is 10.0 Å². The van der Waals surface area contributed by atoms with E-state index in [4.69, 9.17) is 5.26 Å². The van der Waals surface area contributed by atoms with Crippen molar-refractivity contribution < 1.29 is 9.90 Å². The van der Waals surface area contributed by atoms with E-state index >= 15 is 0 Å². The minimum absolute atomic E-state index is 0.0970. The van der Waals surface area contributed by atoms with Crippen molar-refractivity contribution in [3.63, 3.8) is 0 Å². The van der Waals surface area contributed by atoms with Crippen LogP contribution in [0.15, 0.2) is 18.2 Å². The van der Waals surface area contributed by atoms with Crippen molar-refractivity contribution >= 4 is 11.6 Å². The van der Waals surface area contributed by atoms with Crippen molar-refractivity contribution in [2.24, 2.45) is 0 Å². The second-order valence-corrected chi connectivity index (χ2v) is 3.97. The lowest BCUT2D eigenvalue weighted by atomic mass is 10.1. The van der Waals surface area contributed by atoms with E-state index in [2.05, 4.69) is 6.07 Å². The second-order valence-electron chi connectivity index (χ2n) is 3.97. The Labute approximate surface area is 93.7 Å². The highest BCUT2D eigenvalue weighted by molar-refractivity contribution is 5.96. The average Bonchev–Trinajstić information content (AvgIpc) is 2.59. The molecule has 0 radical (unpaired) electrons. The number of nitrogens with zero attached hydrogens (tertiary/aromatic N) is 2. The largest absolute Gasteiger partial charge is 0.391 e. The summed E-state index contributed by atoms with van der Waals surface area (Å²) in [5.41, 5.74) is 2.13. The molecule has 1 aliphatic heterocycles. The molecule has 1 heterocycles. The van der Waals surface area contributed by atoms with E-state index in [-0.39, 0.29) is 12.3 Å². The number of aryl methyl sites for hydroxylation is 1. The summed E-state index contributed by atoms with van der Waals surface area (Å²) in [6, 6.07) is 7.38. The van der Waals surface area contributed by atoms with Gasteiger partial charge in [0, 0.05) is 5.69 Å². The molecule has 4 heteroatoms. The smallest absolute Gasteiger partial charge is 0.229 e. The van der Waals surface area contributed by atoms with E-state index in [1.54, 1.807) is 12.1 Å². The predicted octanol–water partition coefficient (Wildman–Crippen LogP) is 0.964. The highest BCUT2D eigenvalue weighted by atomic mass is 16.3. The van der Waals surface area contributed by atoms with Gasteiger partial charge in [-0.3, -0.25) is 4.79 Å². The van der Waals surface area contributed by atoms with E-state index < -0.39 is 6.10 Å². The summed E-state index contributed by atoms with van der Waals surface area (Å²) in [5, 5.41) is 18.3. The molecular formula is C12H12N2O2. The van der Waals surface area contributed by atoms with Crippen LogP contribution in [0.5, 0.6) is 0 Å². The number of β-amino-alcohol motifs (C(OH)–C–C–N with tert-alkyl or cyclic N) is 1. The normalized spacial score (nSPS) is 19.9. The number of rotatable bonds is 1. The number of carbonyl (C=O) groups excluding carboxylic acids is 1. The highest BCUT2D eigenvalue weighted by Crippen LogP contribution is 2.23. The summed E-state index contributed by atoms with van der Waals surface area (Å²) < 4.78 is 0. The molecule has 1 aliphatic rings. The van der Waals surface area contributed by atoms with E-state index in [1.165, 1.54) is 4.90 Å². The van der Waals surface area contributed by atoms with Crippen LogP contribution >= 0.6 is 0 Å². The number of aliphatic hydroxyl groups is 1. The number of anilines is 1. The van der Waals surface area contributed by atoms with Crippen molar-refractivity contribution in [1.29, 1.82) is 5.26 Å². The number of hydrogen-bond donors (Lipinski definition) is 1. The Kier molecular flexibility index (Phi) is 2.63. The van der Waals surface area contributed by atoms with Gasteiger partial charge in [-0.1, -0.05) is 6.07 Å². The Bertz CT molecular complexity index is 476. The topological polar surface area (TPSA) is 64.3 Å². The Balaban J connectivity index is 2.35. The fraction of sp³-hybridized carbons (Fsp3) is 0.333. The van der Waals surface area contributed by atoms with E-state index in [0.717, 1.165) is 5.56 Å². The first-order valence-corrected chi connectivity index (χ1v) is 5.11. The average molecular weight is 216 g/mol.